The van der Waals surface area contributed by atoms with Gasteiger partial charge < -0.3 is 15.8 Å². The Morgan fingerprint density at radius 1 is 1.62 bits per heavy atom. The van der Waals surface area contributed by atoms with Crippen LogP contribution in [0.4, 0.5) is 0 Å². The van der Waals surface area contributed by atoms with E-state index >= 15 is 0 Å². The monoisotopic (exact) mass is 222 g/mol. The number of carbonyl (C=O) groups excluding carboxylic acids is 1. The van der Waals surface area contributed by atoms with Crippen LogP contribution in [0, 0.1) is 6.07 Å². The molecule has 5 nitrogen and oxygen atoms in total. The third kappa shape index (κ3) is 4.27. The highest BCUT2D eigenvalue weighted by Gasteiger charge is 2.03. The van der Waals surface area contributed by atoms with Gasteiger partial charge in [0.1, 0.15) is 12.3 Å². The molecule has 3 N–H and O–H groups in total. The predicted molar refractivity (Wildman–Crippen MR) is 60.2 cm³/mol. The van der Waals surface area contributed by atoms with E-state index in [1.54, 1.807) is 12.1 Å². The molecule has 1 aromatic rings. The van der Waals surface area contributed by atoms with Crippen LogP contribution in [-0.2, 0) is 0 Å². The Morgan fingerprint density at radius 2 is 2.44 bits per heavy atom. The second-order valence-corrected chi connectivity index (χ2v) is 3.24. The molecule has 0 aliphatic carbocycles. The van der Waals surface area contributed by atoms with E-state index in [-0.39, 0.29) is 5.69 Å². The van der Waals surface area contributed by atoms with Crippen molar-refractivity contribution >= 4 is 5.91 Å². The highest BCUT2D eigenvalue weighted by molar-refractivity contribution is 5.90. The highest BCUT2D eigenvalue weighted by Crippen LogP contribution is 2.05. The lowest BCUT2D eigenvalue weighted by Crippen LogP contribution is -2.22. The number of amides is 1. The number of ether oxygens (including phenoxy) is 1. The summed E-state index contributed by atoms with van der Waals surface area (Å²) in [6.07, 6.45) is 1.09. The van der Waals surface area contributed by atoms with E-state index < -0.39 is 5.91 Å². The molecule has 0 bridgehead atoms. The molecule has 0 aliphatic rings. The van der Waals surface area contributed by atoms with Gasteiger partial charge in [-0.05, 0) is 19.0 Å². The first-order valence-electron chi connectivity index (χ1n) is 5.26. The quantitative estimate of drug-likeness (QED) is 0.653. The first-order valence-corrected chi connectivity index (χ1v) is 5.26. The van der Waals surface area contributed by atoms with Crippen molar-refractivity contribution < 1.29 is 9.53 Å². The van der Waals surface area contributed by atoms with Crippen LogP contribution in [0.15, 0.2) is 12.1 Å². The van der Waals surface area contributed by atoms with E-state index in [9.17, 15) is 4.79 Å². The SMILES string of the molecule is CCCNCCOc1cc[c]c(C(N)=O)n1. The average Bonchev–Trinajstić information content (AvgIpc) is 2.29. The highest BCUT2D eigenvalue weighted by atomic mass is 16.5. The lowest BCUT2D eigenvalue weighted by molar-refractivity contribution is 0.0994. The summed E-state index contributed by atoms with van der Waals surface area (Å²) in [4.78, 5) is 14.7. The fraction of sp³-hybridized carbons (Fsp3) is 0.455. The minimum absolute atomic E-state index is 0.0963. The smallest absolute Gasteiger partial charge is 0.268 e. The van der Waals surface area contributed by atoms with Crippen molar-refractivity contribution in [2.24, 2.45) is 5.73 Å². The average molecular weight is 222 g/mol. The normalized spacial score (nSPS) is 10.1. The Labute approximate surface area is 95.0 Å². The number of aromatic nitrogens is 1. The largest absolute Gasteiger partial charge is 0.476 e. The number of rotatable bonds is 7. The topological polar surface area (TPSA) is 77.2 Å². The van der Waals surface area contributed by atoms with Gasteiger partial charge in [0.15, 0.2) is 0 Å². The van der Waals surface area contributed by atoms with Crippen LogP contribution in [0.5, 0.6) is 5.88 Å². The molecule has 0 fully saturated rings. The molecule has 1 amide bonds. The first-order chi connectivity index (χ1) is 7.74. The summed E-state index contributed by atoms with van der Waals surface area (Å²) in [5, 5.41) is 3.19. The van der Waals surface area contributed by atoms with E-state index in [1.165, 1.54) is 0 Å². The molecular formula is C11H16N3O2. The number of primary amides is 1. The van der Waals surface area contributed by atoms with Gasteiger partial charge >= 0.3 is 0 Å². The van der Waals surface area contributed by atoms with E-state index in [2.05, 4.69) is 23.3 Å². The number of carbonyl (C=O) groups is 1. The second-order valence-electron chi connectivity index (χ2n) is 3.24. The van der Waals surface area contributed by atoms with Crippen LogP contribution < -0.4 is 15.8 Å². The molecule has 16 heavy (non-hydrogen) atoms. The third-order valence-corrected chi connectivity index (χ3v) is 1.86. The Morgan fingerprint density at radius 3 is 3.12 bits per heavy atom. The van der Waals surface area contributed by atoms with Gasteiger partial charge in [-0.3, -0.25) is 4.79 Å². The maximum absolute atomic E-state index is 10.8. The van der Waals surface area contributed by atoms with Crippen molar-refractivity contribution in [2.45, 2.75) is 13.3 Å². The van der Waals surface area contributed by atoms with E-state index in [1.807, 2.05) is 0 Å². The zero-order valence-corrected chi connectivity index (χ0v) is 9.32. The molecule has 0 unspecified atom stereocenters. The first kappa shape index (κ1) is 12.4. The standard InChI is InChI=1S/C11H16N3O2/c1-2-6-13-7-8-16-10-5-3-4-9(14-10)11(12)15/h3,5,13H,2,6-8H2,1H3,(H2,12,15). The molecule has 0 aliphatic heterocycles. The molecule has 1 rings (SSSR count). The molecule has 0 aromatic carbocycles. The van der Waals surface area contributed by atoms with Gasteiger partial charge in [-0.1, -0.05) is 6.92 Å². The fourth-order valence-electron chi connectivity index (χ4n) is 1.11. The molecular weight excluding hydrogens is 206 g/mol. The van der Waals surface area contributed by atoms with Gasteiger partial charge in [0.25, 0.3) is 5.91 Å². The Bertz CT molecular complexity index is 342. The number of nitrogens with zero attached hydrogens (tertiary/aromatic N) is 1. The van der Waals surface area contributed by atoms with Crippen LogP contribution in [-0.4, -0.2) is 30.6 Å². The number of nitrogens with two attached hydrogens (primary N) is 1. The predicted octanol–water partition coefficient (Wildman–Crippen LogP) is 0.359. The third-order valence-electron chi connectivity index (χ3n) is 1.86. The van der Waals surface area contributed by atoms with Crippen LogP contribution >= 0.6 is 0 Å². The zero-order chi connectivity index (χ0) is 11.8. The molecule has 0 atom stereocenters. The summed E-state index contributed by atoms with van der Waals surface area (Å²) >= 11 is 0. The Kier molecular flexibility index (Phi) is 5.28. The van der Waals surface area contributed by atoms with Gasteiger partial charge in [0.2, 0.25) is 5.88 Å². The maximum Gasteiger partial charge on any atom is 0.268 e. The minimum atomic E-state index is -0.602. The summed E-state index contributed by atoms with van der Waals surface area (Å²) < 4.78 is 5.34. The van der Waals surface area contributed by atoms with Crippen molar-refractivity contribution in [2.75, 3.05) is 19.7 Å². The van der Waals surface area contributed by atoms with E-state index in [4.69, 9.17) is 10.5 Å². The molecule has 1 heterocycles. The summed E-state index contributed by atoms with van der Waals surface area (Å²) in [5.74, 6) is -0.208. The number of hydrogen-bond acceptors (Lipinski definition) is 4. The van der Waals surface area contributed by atoms with Gasteiger partial charge in [-0.15, -0.1) is 0 Å². The number of hydrogen-bond donors (Lipinski definition) is 2. The van der Waals surface area contributed by atoms with Crippen molar-refractivity contribution in [1.82, 2.24) is 10.3 Å². The summed E-state index contributed by atoms with van der Waals surface area (Å²) in [6.45, 7) is 4.32. The second kappa shape index (κ2) is 6.79. The number of pyridine rings is 1. The fourth-order valence-corrected chi connectivity index (χ4v) is 1.11. The van der Waals surface area contributed by atoms with Crippen molar-refractivity contribution in [1.29, 1.82) is 0 Å². The lowest BCUT2D eigenvalue weighted by atomic mass is 10.3. The summed E-state index contributed by atoms with van der Waals surface area (Å²) in [7, 11) is 0. The van der Waals surface area contributed by atoms with Gasteiger partial charge in [0, 0.05) is 18.7 Å². The van der Waals surface area contributed by atoms with Crippen LogP contribution in [0.2, 0.25) is 0 Å². The molecule has 87 valence electrons. The lowest BCUT2D eigenvalue weighted by Gasteiger charge is -2.06. The van der Waals surface area contributed by atoms with Gasteiger partial charge in [-0.25, -0.2) is 4.98 Å². The number of nitrogens with one attached hydrogen (secondary N) is 1. The molecule has 1 aromatic heterocycles. The van der Waals surface area contributed by atoms with E-state index in [0.717, 1.165) is 19.5 Å². The van der Waals surface area contributed by atoms with Crippen LogP contribution in [0.1, 0.15) is 23.8 Å². The minimum Gasteiger partial charge on any atom is -0.476 e. The van der Waals surface area contributed by atoms with Gasteiger partial charge in [-0.2, -0.15) is 0 Å². The van der Waals surface area contributed by atoms with E-state index in [0.29, 0.717) is 12.5 Å². The van der Waals surface area contributed by atoms with Crippen LogP contribution in [0.3, 0.4) is 0 Å². The maximum atomic E-state index is 10.8. The molecule has 5 heteroatoms. The molecule has 0 saturated carbocycles. The summed E-state index contributed by atoms with van der Waals surface area (Å²) in [5.41, 5.74) is 5.17. The Hall–Kier alpha value is -1.62. The Balaban J connectivity index is 2.36. The zero-order valence-electron chi connectivity index (χ0n) is 9.32. The van der Waals surface area contributed by atoms with Crippen molar-refractivity contribution in [3.63, 3.8) is 0 Å². The van der Waals surface area contributed by atoms with Crippen molar-refractivity contribution in [3.8, 4) is 5.88 Å². The van der Waals surface area contributed by atoms with Gasteiger partial charge in [0.05, 0.1) is 0 Å². The van der Waals surface area contributed by atoms with Crippen LogP contribution in [0.25, 0.3) is 0 Å². The van der Waals surface area contributed by atoms with Crippen molar-refractivity contribution in [3.05, 3.63) is 23.9 Å². The molecule has 0 spiro atoms. The molecule has 1 radical (unpaired) electrons. The molecule has 0 saturated heterocycles. The summed E-state index contributed by atoms with van der Waals surface area (Å²) in [6, 6.07) is 5.85.